The van der Waals surface area contributed by atoms with E-state index in [0.717, 1.165) is 30.7 Å². The van der Waals surface area contributed by atoms with Gasteiger partial charge in [0.25, 0.3) is 0 Å². The normalized spacial score (nSPS) is 14.9. The molecule has 0 fully saturated rings. The Kier molecular flexibility index (Phi) is 4.99. The lowest BCUT2D eigenvalue weighted by Crippen LogP contribution is -2.27. The maximum atomic E-state index is 12.0. The van der Waals surface area contributed by atoms with Gasteiger partial charge in [-0.1, -0.05) is 0 Å². The van der Waals surface area contributed by atoms with E-state index >= 15 is 0 Å². The number of alkyl halides is 1. The summed E-state index contributed by atoms with van der Waals surface area (Å²) in [5.74, 6) is 0.805. The highest BCUT2D eigenvalue weighted by Crippen LogP contribution is 2.29. The highest BCUT2D eigenvalue weighted by atomic mass is 35.5. The highest BCUT2D eigenvalue weighted by molar-refractivity contribution is 7.14. The molecule has 0 radical (unpaired) electrons. The van der Waals surface area contributed by atoms with Gasteiger partial charge in [0.2, 0.25) is 5.91 Å². The molecule has 1 amide bonds. The summed E-state index contributed by atoms with van der Waals surface area (Å²) in [4.78, 5) is 27.3. The lowest BCUT2D eigenvalue weighted by Gasteiger charge is -2.17. The molecule has 2 heterocycles. The number of rotatable bonds is 4. The fourth-order valence-electron chi connectivity index (χ4n) is 2.28. The van der Waals surface area contributed by atoms with Crippen molar-refractivity contribution in [2.24, 2.45) is 0 Å². The van der Waals surface area contributed by atoms with E-state index in [1.165, 1.54) is 10.4 Å². The number of hydrogen-bond acceptors (Lipinski definition) is 3. The number of halogens is 1. The second-order valence-electron chi connectivity index (χ2n) is 4.82. The average molecular weight is 300 g/mol. The smallest absolute Gasteiger partial charge is 0.219 e. The molecule has 0 spiro atoms. The molecule has 0 saturated carbocycles. The van der Waals surface area contributed by atoms with Gasteiger partial charge in [0, 0.05) is 30.6 Å². The monoisotopic (exact) mass is 299 g/mol. The maximum Gasteiger partial charge on any atom is 0.219 e. The molecular weight excluding hydrogens is 282 g/mol. The SMILES string of the molecule is CC(=O)N1CCCc2cc(C(=O)CCCCl)sc2C1. The topological polar surface area (TPSA) is 37.4 Å². The first-order valence-corrected chi connectivity index (χ1v) is 7.93. The fourth-order valence-corrected chi connectivity index (χ4v) is 3.61. The predicted octanol–water partition coefficient (Wildman–Crippen LogP) is 3.24. The Morgan fingerprint density at radius 1 is 1.47 bits per heavy atom. The molecule has 0 N–H and O–H groups in total. The van der Waals surface area contributed by atoms with Crippen molar-refractivity contribution in [3.63, 3.8) is 0 Å². The number of Topliss-reactive ketones (excluding diaryl/α,β-unsaturated/α-hetero) is 1. The van der Waals surface area contributed by atoms with Crippen molar-refractivity contribution >= 4 is 34.6 Å². The predicted molar refractivity (Wildman–Crippen MR) is 78.0 cm³/mol. The zero-order valence-corrected chi connectivity index (χ0v) is 12.6. The Bertz CT molecular complexity index is 484. The van der Waals surface area contributed by atoms with Crippen molar-refractivity contribution in [3.05, 3.63) is 21.4 Å². The van der Waals surface area contributed by atoms with E-state index in [9.17, 15) is 9.59 Å². The molecule has 3 nitrogen and oxygen atoms in total. The third-order valence-corrected chi connectivity index (χ3v) is 4.83. The van der Waals surface area contributed by atoms with Gasteiger partial charge in [-0.2, -0.15) is 0 Å². The first-order chi connectivity index (χ1) is 9.11. The van der Waals surface area contributed by atoms with Gasteiger partial charge in [0.1, 0.15) is 0 Å². The zero-order chi connectivity index (χ0) is 13.8. The minimum absolute atomic E-state index is 0.108. The van der Waals surface area contributed by atoms with Crippen molar-refractivity contribution in [2.45, 2.75) is 39.2 Å². The second kappa shape index (κ2) is 6.53. The first-order valence-electron chi connectivity index (χ1n) is 6.58. The third kappa shape index (κ3) is 3.57. The number of carbonyl (C=O) groups is 2. The quantitative estimate of drug-likeness (QED) is 0.632. The maximum absolute atomic E-state index is 12.0. The van der Waals surface area contributed by atoms with Crippen LogP contribution in [0.2, 0.25) is 0 Å². The summed E-state index contributed by atoms with van der Waals surface area (Å²) < 4.78 is 0. The number of fused-ring (bicyclic) bond motifs is 1. The van der Waals surface area contributed by atoms with Gasteiger partial charge < -0.3 is 4.90 Å². The van der Waals surface area contributed by atoms with Crippen LogP contribution in [-0.4, -0.2) is 29.0 Å². The fraction of sp³-hybridized carbons (Fsp3) is 0.571. The Balaban J connectivity index is 2.14. The summed E-state index contributed by atoms with van der Waals surface area (Å²) in [5, 5.41) is 0. The van der Waals surface area contributed by atoms with Crippen LogP contribution in [0.1, 0.15) is 46.3 Å². The van der Waals surface area contributed by atoms with E-state index in [1.54, 1.807) is 18.3 Å². The zero-order valence-electron chi connectivity index (χ0n) is 11.1. The van der Waals surface area contributed by atoms with E-state index in [0.29, 0.717) is 18.8 Å². The molecular formula is C14H18ClNO2S. The molecule has 0 unspecified atom stereocenters. The number of aryl methyl sites for hydroxylation is 1. The number of carbonyl (C=O) groups excluding carboxylic acids is 2. The molecule has 0 aliphatic carbocycles. The van der Waals surface area contributed by atoms with E-state index in [-0.39, 0.29) is 11.7 Å². The lowest BCUT2D eigenvalue weighted by molar-refractivity contribution is -0.129. The molecule has 0 aromatic carbocycles. The summed E-state index contributed by atoms with van der Waals surface area (Å²) in [6.45, 7) is 3.06. The summed E-state index contributed by atoms with van der Waals surface area (Å²) >= 11 is 7.16. The molecule has 2 rings (SSSR count). The van der Waals surface area contributed by atoms with Crippen LogP contribution in [-0.2, 0) is 17.8 Å². The molecule has 0 bridgehead atoms. The molecule has 19 heavy (non-hydrogen) atoms. The molecule has 1 aliphatic heterocycles. The van der Waals surface area contributed by atoms with E-state index < -0.39 is 0 Å². The number of hydrogen-bond donors (Lipinski definition) is 0. The molecule has 1 aromatic heterocycles. The molecule has 0 atom stereocenters. The van der Waals surface area contributed by atoms with Gasteiger partial charge in [-0.25, -0.2) is 0 Å². The molecule has 5 heteroatoms. The van der Waals surface area contributed by atoms with E-state index in [1.807, 2.05) is 11.0 Å². The largest absolute Gasteiger partial charge is 0.338 e. The second-order valence-corrected chi connectivity index (χ2v) is 6.33. The van der Waals surface area contributed by atoms with Crippen molar-refractivity contribution < 1.29 is 9.59 Å². The van der Waals surface area contributed by atoms with Gasteiger partial charge in [-0.05, 0) is 30.9 Å². The lowest BCUT2D eigenvalue weighted by atomic mass is 10.1. The van der Waals surface area contributed by atoms with Crippen LogP contribution in [0.3, 0.4) is 0 Å². The minimum Gasteiger partial charge on any atom is -0.338 e. The first kappa shape index (κ1) is 14.5. The summed E-state index contributed by atoms with van der Waals surface area (Å²) in [5.41, 5.74) is 1.24. The van der Waals surface area contributed by atoms with Crippen molar-refractivity contribution in [2.75, 3.05) is 12.4 Å². The van der Waals surface area contributed by atoms with E-state index in [4.69, 9.17) is 11.6 Å². The van der Waals surface area contributed by atoms with Crippen LogP contribution < -0.4 is 0 Å². The molecule has 104 valence electrons. The van der Waals surface area contributed by atoms with Crippen LogP contribution in [0.15, 0.2) is 6.07 Å². The van der Waals surface area contributed by atoms with Crippen LogP contribution in [0.25, 0.3) is 0 Å². The Hall–Kier alpha value is -0.870. The summed E-state index contributed by atoms with van der Waals surface area (Å²) in [7, 11) is 0. The summed E-state index contributed by atoms with van der Waals surface area (Å²) in [6.07, 6.45) is 3.17. The number of thiophene rings is 1. The van der Waals surface area contributed by atoms with Gasteiger partial charge >= 0.3 is 0 Å². The van der Waals surface area contributed by atoms with Gasteiger partial charge in [-0.15, -0.1) is 22.9 Å². The highest BCUT2D eigenvalue weighted by Gasteiger charge is 2.20. The Morgan fingerprint density at radius 3 is 2.95 bits per heavy atom. The van der Waals surface area contributed by atoms with Crippen molar-refractivity contribution in [1.82, 2.24) is 4.90 Å². The van der Waals surface area contributed by atoms with Crippen LogP contribution >= 0.6 is 22.9 Å². The Morgan fingerprint density at radius 2 is 2.26 bits per heavy atom. The average Bonchev–Trinajstić information content (AvgIpc) is 2.67. The van der Waals surface area contributed by atoms with Gasteiger partial charge in [0.05, 0.1) is 11.4 Å². The van der Waals surface area contributed by atoms with Crippen LogP contribution in [0.5, 0.6) is 0 Å². The van der Waals surface area contributed by atoms with Gasteiger partial charge in [0.15, 0.2) is 5.78 Å². The summed E-state index contributed by atoms with van der Waals surface area (Å²) in [6, 6.07) is 2.01. The molecule has 1 aliphatic rings. The molecule has 0 saturated heterocycles. The van der Waals surface area contributed by atoms with Crippen LogP contribution in [0.4, 0.5) is 0 Å². The van der Waals surface area contributed by atoms with Crippen molar-refractivity contribution in [1.29, 1.82) is 0 Å². The standard InChI is InChI=1S/C14H18ClNO2S/c1-10(17)16-7-3-4-11-8-13(19-14(11)9-16)12(18)5-2-6-15/h8H,2-7,9H2,1H3. The minimum atomic E-state index is 0.108. The van der Waals surface area contributed by atoms with Crippen LogP contribution in [0, 0.1) is 0 Å². The van der Waals surface area contributed by atoms with Gasteiger partial charge in [-0.3, -0.25) is 9.59 Å². The van der Waals surface area contributed by atoms with Crippen molar-refractivity contribution in [3.8, 4) is 0 Å². The number of ketones is 1. The Labute approximate surface area is 122 Å². The molecule has 1 aromatic rings. The third-order valence-electron chi connectivity index (χ3n) is 3.36. The van der Waals surface area contributed by atoms with E-state index in [2.05, 4.69) is 0 Å². The number of nitrogens with zero attached hydrogens (tertiary/aromatic N) is 1. The number of amides is 1.